The summed E-state index contributed by atoms with van der Waals surface area (Å²) >= 11 is 0. The van der Waals surface area contributed by atoms with Gasteiger partial charge in [0.1, 0.15) is 17.3 Å². The number of rotatable bonds is 11. The van der Waals surface area contributed by atoms with E-state index in [1.54, 1.807) is 13.0 Å². The molecule has 276 valence electrons. The Bertz CT molecular complexity index is 1480. The molecule has 0 spiro atoms. The van der Waals surface area contributed by atoms with Crippen molar-refractivity contribution >= 4 is 22.8 Å². The summed E-state index contributed by atoms with van der Waals surface area (Å²) < 4.78 is 11.9. The number of ether oxygens (including phenoxy) is 2. The first kappa shape index (κ1) is 43.9. The molecule has 1 aromatic carbocycles. The van der Waals surface area contributed by atoms with Gasteiger partial charge in [0, 0.05) is 30.5 Å². The van der Waals surface area contributed by atoms with Crippen molar-refractivity contribution in [3.8, 4) is 5.75 Å². The van der Waals surface area contributed by atoms with Crippen molar-refractivity contribution in [1.82, 2.24) is 4.90 Å². The summed E-state index contributed by atoms with van der Waals surface area (Å²) in [6, 6.07) is 5.45. The number of allylic oxidation sites excluding steroid dienone is 9. The average Bonchev–Trinajstić information content (AvgIpc) is 3.66. The van der Waals surface area contributed by atoms with Gasteiger partial charge in [-0.15, -0.1) is 0 Å². The molecule has 1 saturated carbocycles. The Labute approximate surface area is 303 Å². The minimum Gasteiger partial charge on any atom is -0.506 e. The Morgan fingerprint density at radius 2 is 1.66 bits per heavy atom. The third kappa shape index (κ3) is 12.7. The van der Waals surface area contributed by atoms with Crippen molar-refractivity contribution in [3.63, 3.8) is 0 Å². The van der Waals surface area contributed by atoms with Gasteiger partial charge in [-0.05, 0) is 93.0 Å². The quantitative estimate of drug-likeness (QED) is 0.104. The van der Waals surface area contributed by atoms with Gasteiger partial charge in [0.05, 0.1) is 18.9 Å². The van der Waals surface area contributed by atoms with Gasteiger partial charge < -0.3 is 24.8 Å². The number of carbonyl (C=O) groups is 1. The van der Waals surface area contributed by atoms with E-state index in [9.17, 15) is 9.90 Å². The lowest BCUT2D eigenvalue weighted by Gasteiger charge is -2.34. The third-order valence-corrected chi connectivity index (χ3v) is 8.57. The second-order valence-electron chi connectivity index (χ2n) is 11.7. The molecule has 0 bridgehead atoms. The monoisotopic (exact) mass is 687 g/mol. The molecule has 7 heteroatoms. The number of benzene rings is 1. The second-order valence-corrected chi connectivity index (χ2v) is 11.7. The molecule has 2 N–H and O–H groups in total. The van der Waals surface area contributed by atoms with E-state index < -0.39 is 0 Å². The minimum atomic E-state index is 0.0641. The molecule has 2 fully saturated rings. The molecule has 1 saturated heterocycles. The predicted molar refractivity (Wildman–Crippen MR) is 214 cm³/mol. The molecular weight excluding hydrogens is 622 g/mol. The molecule has 50 heavy (non-hydrogen) atoms. The number of carbonyl (C=O) groups excluding carboxylic acids is 1. The first-order valence-electron chi connectivity index (χ1n) is 18.6. The fraction of sp³-hybridized carbons (Fsp3) is 0.488. The summed E-state index contributed by atoms with van der Waals surface area (Å²) in [4.78, 5) is 19.2. The summed E-state index contributed by atoms with van der Waals surface area (Å²) in [5.74, 6) is 2.61. The number of aliphatic imine (C=N–C) groups is 1. The predicted octanol–water partition coefficient (Wildman–Crippen LogP) is 11.3. The highest BCUT2D eigenvalue weighted by Crippen LogP contribution is 2.38. The van der Waals surface area contributed by atoms with Crippen molar-refractivity contribution in [2.24, 2.45) is 10.9 Å². The molecule has 1 aliphatic carbocycles. The molecule has 0 atom stereocenters. The maximum Gasteiger partial charge on any atom is 0.196 e. The topological polar surface area (TPSA) is 83.4 Å². The number of phenolic OH excluding ortho intramolecular Hbond substituents is 1. The molecule has 0 radical (unpaired) electrons. The number of Topliss-reactive ketones (excluding diaryl/α,β-unsaturated/α-hetero) is 1. The molecule has 1 aromatic rings. The number of phenols is 1. The van der Waals surface area contributed by atoms with Crippen molar-refractivity contribution in [1.29, 1.82) is 0 Å². The van der Waals surface area contributed by atoms with Gasteiger partial charge in [-0.3, -0.25) is 4.79 Å². The van der Waals surface area contributed by atoms with Crippen LogP contribution in [0.2, 0.25) is 0 Å². The number of nitrogens with zero attached hydrogens (tertiary/aromatic N) is 2. The van der Waals surface area contributed by atoms with Crippen LogP contribution in [0.5, 0.6) is 5.75 Å². The molecule has 0 amide bonds. The Kier molecular flexibility index (Phi) is 20.5. The average molecular weight is 688 g/mol. The molecule has 4 rings (SSSR count). The van der Waals surface area contributed by atoms with Crippen LogP contribution in [0.25, 0.3) is 5.57 Å². The lowest BCUT2D eigenvalue weighted by atomic mass is 9.93. The summed E-state index contributed by atoms with van der Waals surface area (Å²) in [6.07, 6.45) is 13.6. The first-order valence-corrected chi connectivity index (χ1v) is 18.6. The van der Waals surface area contributed by atoms with Crippen LogP contribution >= 0.6 is 0 Å². The lowest BCUT2D eigenvalue weighted by molar-refractivity contribution is -0.113. The zero-order chi connectivity index (χ0) is 37.8. The fourth-order valence-corrected chi connectivity index (χ4v) is 5.91. The van der Waals surface area contributed by atoms with E-state index in [1.807, 2.05) is 106 Å². The van der Waals surface area contributed by atoms with Crippen molar-refractivity contribution in [2.75, 3.05) is 31.6 Å². The molecule has 0 unspecified atom stereocenters. The Hall–Kier alpha value is -4.10. The van der Waals surface area contributed by atoms with Gasteiger partial charge >= 0.3 is 0 Å². The highest BCUT2D eigenvalue weighted by Gasteiger charge is 2.25. The van der Waals surface area contributed by atoms with Crippen LogP contribution in [0.4, 0.5) is 5.69 Å². The summed E-state index contributed by atoms with van der Waals surface area (Å²) in [5, 5.41) is 14.1. The molecule has 3 aliphatic rings. The highest BCUT2D eigenvalue weighted by molar-refractivity contribution is 6.04. The van der Waals surface area contributed by atoms with E-state index in [4.69, 9.17) is 9.47 Å². The summed E-state index contributed by atoms with van der Waals surface area (Å²) in [5.41, 5.74) is 6.47. The molecule has 0 aromatic heterocycles. The number of aromatic hydroxyl groups is 1. The van der Waals surface area contributed by atoms with E-state index in [1.165, 1.54) is 25.7 Å². The first-order chi connectivity index (χ1) is 24.1. The Morgan fingerprint density at radius 3 is 2.20 bits per heavy atom. The Morgan fingerprint density at radius 1 is 1.04 bits per heavy atom. The van der Waals surface area contributed by atoms with Gasteiger partial charge in [-0.2, -0.15) is 0 Å². The van der Waals surface area contributed by atoms with Crippen LogP contribution < -0.4 is 5.32 Å². The van der Waals surface area contributed by atoms with Crippen molar-refractivity contribution < 1.29 is 19.4 Å². The van der Waals surface area contributed by atoms with Crippen LogP contribution in [-0.4, -0.2) is 47.8 Å². The van der Waals surface area contributed by atoms with Crippen LogP contribution in [0, 0.1) is 5.92 Å². The van der Waals surface area contributed by atoms with E-state index in [2.05, 4.69) is 28.4 Å². The van der Waals surface area contributed by atoms with E-state index in [0.717, 1.165) is 70.3 Å². The molecule has 2 aliphatic heterocycles. The smallest absolute Gasteiger partial charge is 0.196 e. The van der Waals surface area contributed by atoms with E-state index >= 15 is 0 Å². The number of ketones is 1. The van der Waals surface area contributed by atoms with Crippen molar-refractivity contribution in [2.45, 2.75) is 108 Å². The standard InChI is InChI=1S/C37H47N3O4.3C2H6/c1-8-30(22-32(27(6)41)21-29-12-10-11-13-29)26(5)38-28(7)39-34-15-14-31(23-35(34)42)33(9-2)37-25(4)24(3)20-36(44-37)40-16-18-43-19-17-40;3*1-2/h8-9,14-15,20,22-23,29,39,42H,3,7,10-13,16-19,21H2,1-2,4-6H3;3*1-2H3/b30-8-,32-22+,33-9-,38-26-;;;. The zero-order valence-electron chi connectivity index (χ0n) is 33.0. The Balaban J connectivity index is 0.00000197. The van der Waals surface area contributed by atoms with Gasteiger partial charge in [-0.25, -0.2) is 4.99 Å². The van der Waals surface area contributed by atoms with Crippen LogP contribution in [0.15, 0.2) is 100 Å². The van der Waals surface area contributed by atoms with Crippen LogP contribution in [0.3, 0.4) is 0 Å². The van der Waals surface area contributed by atoms with Crippen LogP contribution in [0.1, 0.15) is 114 Å². The number of nitrogens with one attached hydrogen (secondary N) is 1. The number of hydrogen-bond donors (Lipinski definition) is 2. The largest absolute Gasteiger partial charge is 0.506 e. The number of hydrogen-bond acceptors (Lipinski definition) is 7. The van der Waals surface area contributed by atoms with Crippen LogP contribution in [-0.2, 0) is 14.3 Å². The SMILES string of the molecule is C=C(\N=C(C)/C(=C\C)/C=C(\CC1CCCC1)C(C)=O)Nc1ccc(/C(=C/C)C2=C(C)C(=C)C=C(N3CCOCC3)O2)cc1O.CC.CC.CC. The highest BCUT2D eigenvalue weighted by atomic mass is 16.5. The van der Waals surface area contributed by atoms with Gasteiger partial charge in [0.25, 0.3) is 0 Å². The summed E-state index contributed by atoms with van der Waals surface area (Å²) in [6.45, 7) is 32.6. The maximum atomic E-state index is 12.4. The second kappa shape index (κ2) is 23.3. The summed E-state index contributed by atoms with van der Waals surface area (Å²) in [7, 11) is 0. The van der Waals surface area contributed by atoms with Gasteiger partial charge in [0.15, 0.2) is 11.7 Å². The molecule has 2 heterocycles. The minimum absolute atomic E-state index is 0.0641. The zero-order valence-corrected chi connectivity index (χ0v) is 33.0. The van der Waals surface area contributed by atoms with E-state index in [0.29, 0.717) is 30.6 Å². The third-order valence-electron chi connectivity index (χ3n) is 8.57. The van der Waals surface area contributed by atoms with E-state index in [-0.39, 0.29) is 11.5 Å². The normalized spacial score (nSPS) is 17.3. The molecular formula is C43H65N3O4. The van der Waals surface area contributed by atoms with Gasteiger partial charge in [0.2, 0.25) is 0 Å². The molecule has 7 nitrogen and oxygen atoms in total. The lowest BCUT2D eigenvalue weighted by Crippen LogP contribution is -2.37. The van der Waals surface area contributed by atoms with Gasteiger partial charge in [-0.1, -0.05) is 98.6 Å². The number of anilines is 1. The maximum absolute atomic E-state index is 12.4. The fourth-order valence-electron chi connectivity index (χ4n) is 5.91. The number of morpholine rings is 1. The van der Waals surface area contributed by atoms with Crippen molar-refractivity contribution in [3.05, 3.63) is 101 Å².